The first-order valence-electron chi connectivity index (χ1n) is 4.45. The molecule has 0 aromatic rings. The van der Waals surface area contributed by atoms with E-state index in [0.717, 1.165) is 0 Å². The van der Waals surface area contributed by atoms with Crippen molar-refractivity contribution in [1.29, 1.82) is 0 Å². The van der Waals surface area contributed by atoms with Crippen molar-refractivity contribution in [3.05, 3.63) is 0 Å². The molecular weight excluding hydrogens is 208 g/mol. The third-order valence-electron chi connectivity index (χ3n) is 2.28. The molecule has 1 N–H and O–H groups in total. The number of sulfone groups is 1. The molecule has 1 unspecified atom stereocenters. The van der Waals surface area contributed by atoms with E-state index in [0.29, 0.717) is 6.61 Å². The molecule has 1 aliphatic rings. The van der Waals surface area contributed by atoms with Gasteiger partial charge in [0.25, 0.3) is 0 Å². The van der Waals surface area contributed by atoms with Gasteiger partial charge >= 0.3 is 5.97 Å². The zero-order valence-electron chi connectivity index (χ0n) is 8.02. The van der Waals surface area contributed by atoms with E-state index < -0.39 is 21.4 Å². The van der Waals surface area contributed by atoms with Crippen molar-refractivity contribution >= 4 is 15.8 Å². The highest BCUT2D eigenvalue weighted by molar-refractivity contribution is 7.91. The fourth-order valence-electron chi connectivity index (χ4n) is 1.77. The van der Waals surface area contributed by atoms with E-state index in [4.69, 9.17) is 9.84 Å². The van der Waals surface area contributed by atoms with Crippen LogP contribution in [0.15, 0.2) is 0 Å². The molecule has 0 aromatic carbocycles. The molecular formula is C8H14O5S. The Balaban J connectivity index is 2.80. The smallest absolute Gasteiger partial charge is 0.306 e. The highest BCUT2D eigenvalue weighted by atomic mass is 32.2. The van der Waals surface area contributed by atoms with Crippen LogP contribution in [0, 0.1) is 0 Å². The summed E-state index contributed by atoms with van der Waals surface area (Å²) in [6.45, 7) is 2.07. The molecule has 1 fully saturated rings. The van der Waals surface area contributed by atoms with E-state index in [1.165, 1.54) is 0 Å². The number of hydrogen-bond acceptors (Lipinski definition) is 4. The van der Waals surface area contributed by atoms with Crippen LogP contribution < -0.4 is 0 Å². The summed E-state index contributed by atoms with van der Waals surface area (Å²) in [6, 6.07) is 0. The molecule has 1 heterocycles. The molecule has 1 rings (SSSR count). The van der Waals surface area contributed by atoms with Crippen LogP contribution >= 0.6 is 0 Å². The summed E-state index contributed by atoms with van der Waals surface area (Å²) >= 11 is 0. The van der Waals surface area contributed by atoms with Gasteiger partial charge in [-0.2, -0.15) is 0 Å². The SMILES string of the molecule is CCOC1(CC(=O)O)CCS(=O)(=O)C1. The molecule has 1 atom stereocenters. The molecule has 14 heavy (non-hydrogen) atoms. The van der Waals surface area contributed by atoms with Gasteiger partial charge in [0.05, 0.1) is 23.5 Å². The summed E-state index contributed by atoms with van der Waals surface area (Å²) in [5, 5.41) is 8.66. The first kappa shape index (κ1) is 11.5. The second kappa shape index (κ2) is 3.86. The Morgan fingerprint density at radius 3 is 2.57 bits per heavy atom. The van der Waals surface area contributed by atoms with Gasteiger partial charge in [-0.1, -0.05) is 0 Å². The molecule has 5 nitrogen and oxygen atoms in total. The van der Waals surface area contributed by atoms with E-state index in [1.807, 2.05) is 0 Å². The third-order valence-corrected chi connectivity index (χ3v) is 4.07. The maximum Gasteiger partial charge on any atom is 0.306 e. The fraction of sp³-hybridized carbons (Fsp3) is 0.875. The van der Waals surface area contributed by atoms with Gasteiger partial charge in [0, 0.05) is 6.61 Å². The van der Waals surface area contributed by atoms with E-state index in [-0.39, 0.29) is 24.3 Å². The molecule has 0 aromatic heterocycles. The number of carboxylic acid groups (broad SMARTS) is 1. The van der Waals surface area contributed by atoms with Crippen LogP contribution in [-0.4, -0.2) is 43.2 Å². The van der Waals surface area contributed by atoms with Gasteiger partial charge in [-0.25, -0.2) is 8.42 Å². The predicted molar refractivity (Wildman–Crippen MR) is 49.9 cm³/mol. The lowest BCUT2D eigenvalue weighted by atomic mass is 9.99. The van der Waals surface area contributed by atoms with E-state index in [9.17, 15) is 13.2 Å². The average molecular weight is 222 g/mol. The van der Waals surface area contributed by atoms with Crippen molar-refractivity contribution in [2.24, 2.45) is 0 Å². The van der Waals surface area contributed by atoms with Gasteiger partial charge in [0.2, 0.25) is 0 Å². The summed E-state index contributed by atoms with van der Waals surface area (Å²) in [6.07, 6.45) is 0.0511. The maximum absolute atomic E-state index is 11.2. The van der Waals surface area contributed by atoms with Crippen LogP contribution in [0.3, 0.4) is 0 Å². The molecule has 0 spiro atoms. The topological polar surface area (TPSA) is 80.7 Å². The molecule has 6 heteroatoms. The second-order valence-electron chi connectivity index (χ2n) is 3.53. The van der Waals surface area contributed by atoms with Crippen LogP contribution in [-0.2, 0) is 19.4 Å². The van der Waals surface area contributed by atoms with Gasteiger partial charge in [0.15, 0.2) is 9.84 Å². The highest BCUT2D eigenvalue weighted by Crippen LogP contribution is 2.30. The van der Waals surface area contributed by atoms with Gasteiger partial charge in [-0.05, 0) is 13.3 Å². The number of hydrogen-bond donors (Lipinski definition) is 1. The number of carboxylic acids is 1. The Morgan fingerprint density at radius 2 is 2.21 bits per heavy atom. The Labute approximate surface area is 83.0 Å². The van der Waals surface area contributed by atoms with E-state index >= 15 is 0 Å². The summed E-state index contributed by atoms with van der Waals surface area (Å²) in [4.78, 5) is 10.6. The normalized spacial score (nSPS) is 30.4. The van der Waals surface area contributed by atoms with Gasteiger partial charge < -0.3 is 9.84 Å². The van der Waals surface area contributed by atoms with Gasteiger partial charge in [0.1, 0.15) is 0 Å². The first-order valence-corrected chi connectivity index (χ1v) is 6.27. The lowest BCUT2D eigenvalue weighted by Gasteiger charge is -2.25. The minimum absolute atomic E-state index is 0.0281. The zero-order chi connectivity index (χ0) is 10.8. The molecule has 0 aliphatic carbocycles. The summed E-state index contributed by atoms with van der Waals surface area (Å²) in [7, 11) is -3.11. The molecule has 1 saturated heterocycles. The maximum atomic E-state index is 11.2. The second-order valence-corrected chi connectivity index (χ2v) is 5.71. The summed E-state index contributed by atoms with van der Waals surface area (Å²) in [5.74, 6) is -1.16. The van der Waals surface area contributed by atoms with E-state index in [2.05, 4.69) is 0 Å². The van der Waals surface area contributed by atoms with Crippen LogP contribution in [0.5, 0.6) is 0 Å². The van der Waals surface area contributed by atoms with Crippen LogP contribution in [0.1, 0.15) is 19.8 Å². The Morgan fingerprint density at radius 1 is 1.57 bits per heavy atom. The van der Waals surface area contributed by atoms with Crippen molar-refractivity contribution in [3.8, 4) is 0 Å². The van der Waals surface area contributed by atoms with Crippen molar-refractivity contribution in [3.63, 3.8) is 0 Å². The predicted octanol–water partition coefficient (Wildman–Crippen LogP) is 0.0549. The minimum Gasteiger partial charge on any atom is -0.481 e. The summed E-state index contributed by atoms with van der Waals surface area (Å²) in [5.41, 5.74) is -0.987. The van der Waals surface area contributed by atoms with Crippen LogP contribution in [0.2, 0.25) is 0 Å². The number of rotatable bonds is 4. The molecule has 82 valence electrons. The van der Waals surface area contributed by atoms with Crippen molar-refractivity contribution in [2.75, 3.05) is 18.1 Å². The van der Waals surface area contributed by atoms with Crippen LogP contribution in [0.25, 0.3) is 0 Å². The Kier molecular flexibility index (Phi) is 3.16. The first-order chi connectivity index (χ1) is 6.39. The Bertz CT molecular complexity index is 321. The monoisotopic (exact) mass is 222 g/mol. The van der Waals surface area contributed by atoms with Gasteiger partial charge in [-0.15, -0.1) is 0 Å². The molecule has 0 bridgehead atoms. The van der Waals surface area contributed by atoms with Crippen molar-refractivity contribution < 1.29 is 23.1 Å². The number of ether oxygens (including phenoxy) is 1. The zero-order valence-corrected chi connectivity index (χ0v) is 8.84. The lowest BCUT2D eigenvalue weighted by Crippen LogP contribution is -2.36. The van der Waals surface area contributed by atoms with Crippen molar-refractivity contribution in [1.82, 2.24) is 0 Å². The number of carbonyl (C=O) groups is 1. The quantitative estimate of drug-likeness (QED) is 0.727. The fourth-order valence-corrected chi connectivity index (χ4v) is 3.73. The van der Waals surface area contributed by atoms with E-state index in [1.54, 1.807) is 6.92 Å². The molecule has 0 radical (unpaired) electrons. The highest BCUT2D eigenvalue weighted by Gasteiger charge is 2.44. The lowest BCUT2D eigenvalue weighted by molar-refractivity contribution is -0.144. The average Bonchev–Trinajstić information content (AvgIpc) is 2.26. The number of aliphatic carboxylic acids is 1. The minimum atomic E-state index is -3.11. The largest absolute Gasteiger partial charge is 0.481 e. The van der Waals surface area contributed by atoms with Crippen molar-refractivity contribution in [2.45, 2.75) is 25.4 Å². The van der Waals surface area contributed by atoms with Crippen LogP contribution in [0.4, 0.5) is 0 Å². The molecule has 0 saturated carbocycles. The Hall–Kier alpha value is -0.620. The third kappa shape index (κ3) is 2.68. The standard InChI is InChI=1S/C8H14O5S/c1-2-13-8(5-7(9)10)3-4-14(11,12)6-8/h2-6H2,1H3,(H,9,10). The molecule has 1 aliphatic heterocycles. The van der Waals surface area contributed by atoms with Gasteiger partial charge in [-0.3, -0.25) is 4.79 Å². The summed E-state index contributed by atoms with van der Waals surface area (Å²) < 4.78 is 27.7. The molecule has 0 amide bonds.